The van der Waals surface area contributed by atoms with Gasteiger partial charge in [-0.3, -0.25) is 14.7 Å². The first-order valence-corrected chi connectivity index (χ1v) is 6.73. The zero-order chi connectivity index (χ0) is 14.4. The number of carboxylic acid groups (broad SMARTS) is 1. The van der Waals surface area contributed by atoms with Gasteiger partial charge in [-0.05, 0) is 18.4 Å². The van der Waals surface area contributed by atoms with Crippen LogP contribution in [0, 0.1) is 5.92 Å². The van der Waals surface area contributed by atoms with E-state index < -0.39 is 11.9 Å². The molecule has 2 heterocycles. The van der Waals surface area contributed by atoms with Crippen LogP contribution in [0.15, 0.2) is 12.4 Å². The minimum atomic E-state index is -0.914. The second-order valence-electron chi connectivity index (χ2n) is 4.91. The number of hydrogen-bond acceptors (Lipinski definition) is 4. The fraction of sp³-hybridized carbons (Fsp3) is 0.615. The number of nitrogens with zero attached hydrogens (tertiary/aromatic N) is 2. The first-order valence-electron chi connectivity index (χ1n) is 6.73. The first kappa shape index (κ1) is 14.5. The molecule has 7 heteroatoms. The van der Waals surface area contributed by atoms with E-state index in [1.807, 2.05) is 6.20 Å². The van der Waals surface area contributed by atoms with Gasteiger partial charge >= 0.3 is 5.97 Å². The third-order valence-corrected chi connectivity index (χ3v) is 3.38. The number of amides is 1. The number of aromatic amines is 1. The Morgan fingerprint density at radius 2 is 2.40 bits per heavy atom. The maximum Gasteiger partial charge on any atom is 0.310 e. The molecule has 1 fully saturated rings. The summed E-state index contributed by atoms with van der Waals surface area (Å²) in [6.45, 7) is 1.28. The van der Waals surface area contributed by atoms with Crippen LogP contribution in [-0.4, -0.2) is 58.4 Å². The average Bonchev–Trinajstić information content (AvgIpc) is 2.80. The second-order valence-corrected chi connectivity index (χ2v) is 4.91. The predicted octanol–water partition coefficient (Wildman–Crippen LogP) is 0.292. The summed E-state index contributed by atoms with van der Waals surface area (Å²) in [5.74, 6) is -1.55. The van der Waals surface area contributed by atoms with Gasteiger partial charge in [-0.2, -0.15) is 5.10 Å². The summed E-state index contributed by atoms with van der Waals surface area (Å²) in [7, 11) is 0. The summed E-state index contributed by atoms with van der Waals surface area (Å²) in [5, 5.41) is 15.6. The van der Waals surface area contributed by atoms with Crippen LogP contribution in [0.4, 0.5) is 0 Å². The lowest BCUT2D eigenvalue weighted by Crippen LogP contribution is -2.38. The topological polar surface area (TPSA) is 95.5 Å². The molecule has 1 saturated heterocycles. The summed E-state index contributed by atoms with van der Waals surface area (Å²) in [5.41, 5.74) is 1.07. The number of aryl methyl sites for hydroxylation is 1. The largest absolute Gasteiger partial charge is 0.481 e. The van der Waals surface area contributed by atoms with Gasteiger partial charge in [0.05, 0.1) is 25.3 Å². The molecule has 1 aromatic rings. The Labute approximate surface area is 116 Å². The summed E-state index contributed by atoms with van der Waals surface area (Å²) in [6, 6.07) is 0. The molecule has 7 nitrogen and oxygen atoms in total. The van der Waals surface area contributed by atoms with Gasteiger partial charge in [0.25, 0.3) is 0 Å². The Hall–Kier alpha value is -1.89. The molecule has 0 aliphatic carbocycles. The molecule has 20 heavy (non-hydrogen) atoms. The standard InChI is InChI=1S/C13H19N3O4/c17-12(3-1-2-10-6-14-15-7-10)16-4-5-20-9-11(8-16)13(18)19/h6-7,11H,1-5,8-9H2,(H,14,15)(H,18,19). The number of carbonyl (C=O) groups excluding carboxylic acids is 1. The van der Waals surface area contributed by atoms with Crippen molar-refractivity contribution in [3.63, 3.8) is 0 Å². The number of rotatable bonds is 5. The van der Waals surface area contributed by atoms with Crippen LogP contribution < -0.4 is 0 Å². The molecule has 0 bridgehead atoms. The van der Waals surface area contributed by atoms with Crippen molar-refractivity contribution >= 4 is 11.9 Å². The molecule has 1 aromatic heterocycles. The Morgan fingerprint density at radius 1 is 1.55 bits per heavy atom. The monoisotopic (exact) mass is 281 g/mol. The van der Waals surface area contributed by atoms with Gasteiger partial charge in [-0.15, -0.1) is 0 Å². The van der Waals surface area contributed by atoms with Gasteiger partial charge in [-0.1, -0.05) is 0 Å². The molecule has 1 atom stereocenters. The van der Waals surface area contributed by atoms with Crippen molar-refractivity contribution in [1.82, 2.24) is 15.1 Å². The highest BCUT2D eigenvalue weighted by Gasteiger charge is 2.26. The van der Waals surface area contributed by atoms with Crippen LogP contribution in [0.25, 0.3) is 0 Å². The van der Waals surface area contributed by atoms with Crippen LogP contribution >= 0.6 is 0 Å². The number of H-pyrrole nitrogens is 1. The molecule has 2 N–H and O–H groups in total. The zero-order valence-corrected chi connectivity index (χ0v) is 11.2. The highest BCUT2D eigenvalue weighted by Crippen LogP contribution is 2.11. The Balaban J connectivity index is 1.79. The third-order valence-electron chi connectivity index (χ3n) is 3.38. The van der Waals surface area contributed by atoms with Crippen molar-refractivity contribution in [2.45, 2.75) is 19.3 Å². The van der Waals surface area contributed by atoms with Gasteiger partial charge in [-0.25, -0.2) is 0 Å². The fourth-order valence-electron chi connectivity index (χ4n) is 2.20. The second kappa shape index (κ2) is 7.04. The van der Waals surface area contributed by atoms with Crippen LogP contribution in [-0.2, 0) is 20.7 Å². The quantitative estimate of drug-likeness (QED) is 0.809. The Morgan fingerprint density at radius 3 is 3.10 bits per heavy atom. The number of aliphatic carboxylic acids is 1. The Kier molecular flexibility index (Phi) is 5.11. The van der Waals surface area contributed by atoms with Crippen molar-refractivity contribution in [3.05, 3.63) is 18.0 Å². The number of carbonyl (C=O) groups is 2. The molecule has 110 valence electrons. The predicted molar refractivity (Wildman–Crippen MR) is 70.1 cm³/mol. The minimum Gasteiger partial charge on any atom is -0.481 e. The number of aromatic nitrogens is 2. The van der Waals surface area contributed by atoms with E-state index in [2.05, 4.69) is 10.2 Å². The van der Waals surface area contributed by atoms with Crippen molar-refractivity contribution in [3.8, 4) is 0 Å². The molecule has 1 aliphatic heterocycles. The smallest absolute Gasteiger partial charge is 0.310 e. The molecule has 1 unspecified atom stereocenters. The van der Waals surface area contributed by atoms with E-state index in [0.717, 1.165) is 18.4 Å². The van der Waals surface area contributed by atoms with E-state index in [9.17, 15) is 9.59 Å². The molecule has 0 saturated carbocycles. The van der Waals surface area contributed by atoms with E-state index >= 15 is 0 Å². The SMILES string of the molecule is O=C(O)C1COCCN(C(=O)CCCc2cn[nH]c2)C1. The Bertz CT molecular complexity index is 446. The lowest BCUT2D eigenvalue weighted by atomic mass is 10.1. The van der Waals surface area contributed by atoms with E-state index in [1.165, 1.54) is 0 Å². The van der Waals surface area contributed by atoms with Crippen molar-refractivity contribution in [2.75, 3.05) is 26.3 Å². The van der Waals surface area contributed by atoms with Gasteiger partial charge in [0.2, 0.25) is 5.91 Å². The normalized spacial score (nSPS) is 19.6. The van der Waals surface area contributed by atoms with Gasteiger partial charge in [0, 0.05) is 25.7 Å². The highest BCUT2D eigenvalue weighted by atomic mass is 16.5. The highest BCUT2D eigenvalue weighted by molar-refractivity contribution is 5.77. The summed E-state index contributed by atoms with van der Waals surface area (Å²) in [6.07, 6.45) is 5.48. The molecule has 2 rings (SSSR count). The van der Waals surface area contributed by atoms with Crippen LogP contribution in [0.5, 0.6) is 0 Å². The van der Waals surface area contributed by atoms with E-state index in [1.54, 1.807) is 11.1 Å². The molecular weight excluding hydrogens is 262 g/mol. The van der Waals surface area contributed by atoms with Gasteiger partial charge in [0.15, 0.2) is 0 Å². The summed E-state index contributed by atoms with van der Waals surface area (Å²) >= 11 is 0. The van der Waals surface area contributed by atoms with Crippen LogP contribution in [0.3, 0.4) is 0 Å². The fourth-order valence-corrected chi connectivity index (χ4v) is 2.20. The molecule has 1 amide bonds. The van der Waals surface area contributed by atoms with Gasteiger partial charge in [0.1, 0.15) is 0 Å². The average molecular weight is 281 g/mol. The number of hydrogen-bond donors (Lipinski definition) is 2. The van der Waals surface area contributed by atoms with E-state index in [4.69, 9.17) is 9.84 Å². The maximum absolute atomic E-state index is 12.1. The summed E-state index contributed by atoms with van der Waals surface area (Å²) < 4.78 is 5.23. The van der Waals surface area contributed by atoms with Crippen LogP contribution in [0.2, 0.25) is 0 Å². The van der Waals surface area contributed by atoms with E-state index in [-0.39, 0.29) is 19.1 Å². The molecular formula is C13H19N3O4. The van der Waals surface area contributed by atoms with Crippen molar-refractivity contribution in [1.29, 1.82) is 0 Å². The first-order chi connectivity index (χ1) is 9.66. The maximum atomic E-state index is 12.1. The molecule has 0 radical (unpaired) electrons. The molecule has 0 aromatic carbocycles. The lowest BCUT2D eigenvalue weighted by Gasteiger charge is -2.21. The summed E-state index contributed by atoms with van der Waals surface area (Å²) in [4.78, 5) is 24.7. The number of carboxylic acids is 1. The zero-order valence-electron chi connectivity index (χ0n) is 11.2. The molecule has 0 spiro atoms. The number of nitrogens with one attached hydrogen (secondary N) is 1. The molecule has 1 aliphatic rings. The van der Waals surface area contributed by atoms with E-state index in [0.29, 0.717) is 19.6 Å². The van der Waals surface area contributed by atoms with Crippen LogP contribution in [0.1, 0.15) is 18.4 Å². The third kappa shape index (κ3) is 4.06. The number of ether oxygens (including phenoxy) is 1. The minimum absolute atomic E-state index is 0.00903. The van der Waals surface area contributed by atoms with Gasteiger partial charge < -0.3 is 14.7 Å². The van der Waals surface area contributed by atoms with Crippen molar-refractivity contribution < 1.29 is 19.4 Å². The van der Waals surface area contributed by atoms with Crippen molar-refractivity contribution in [2.24, 2.45) is 5.92 Å². The lowest BCUT2D eigenvalue weighted by molar-refractivity contribution is -0.144.